The quantitative estimate of drug-likeness (QED) is 0.853. The molecule has 0 saturated heterocycles. The summed E-state index contributed by atoms with van der Waals surface area (Å²) in [5.41, 5.74) is 1.37. The molecule has 23 heavy (non-hydrogen) atoms. The number of allylic oxidation sites excluding steroid dienone is 1. The molecule has 0 aromatic heterocycles. The Kier molecular flexibility index (Phi) is 4.14. The number of nitrogens with one attached hydrogen (secondary N) is 1. The van der Waals surface area contributed by atoms with Crippen LogP contribution in [-0.2, 0) is 9.53 Å². The highest BCUT2D eigenvalue weighted by molar-refractivity contribution is 6.09. The summed E-state index contributed by atoms with van der Waals surface area (Å²) in [6, 6.07) is 9.09. The smallest absolute Gasteiger partial charge is 0.430 e. The van der Waals surface area contributed by atoms with Crippen molar-refractivity contribution in [3.8, 4) is 0 Å². The second-order valence-electron chi connectivity index (χ2n) is 5.71. The number of hydrogen-bond donors (Lipinski definition) is 1. The van der Waals surface area contributed by atoms with Gasteiger partial charge in [0.25, 0.3) is 0 Å². The summed E-state index contributed by atoms with van der Waals surface area (Å²) < 4.78 is 4.78. The maximum Gasteiger partial charge on any atom is 0.430 e. The van der Waals surface area contributed by atoms with Crippen LogP contribution in [0.1, 0.15) is 13.3 Å². The normalized spacial score (nSPS) is 25.6. The lowest BCUT2D eigenvalue weighted by Crippen LogP contribution is -2.50. The zero-order valence-electron chi connectivity index (χ0n) is 13.1. The number of fused-ring (bicyclic) bond motifs is 1. The number of rotatable bonds is 2. The maximum absolute atomic E-state index is 12.7. The van der Waals surface area contributed by atoms with Gasteiger partial charge >= 0.3 is 6.09 Å². The van der Waals surface area contributed by atoms with Crippen molar-refractivity contribution in [1.29, 1.82) is 0 Å². The van der Waals surface area contributed by atoms with Crippen LogP contribution in [0.3, 0.4) is 0 Å². The number of carbonyl (C=O) groups excluding carboxylic acids is 2. The first kappa shape index (κ1) is 15.3. The molecule has 120 valence electrons. The van der Waals surface area contributed by atoms with Crippen LogP contribution in [0.15, 0.2) is 47.6 Å². The third-order valence-corrected chi connectivity index (χ3v) is 4.29. The number of carbonyl (C=O) groups is 2. The molecule has 1 aliphatic heterocycles. The Morgan fingerprint density at radius 2 is 2.04 bits per heavy atom. The second-order valence-corrected chi connectivity index (χ2v) is 5.71. The first-order valence-electron chi connectivity index (χ1n) is 7.56. The highest BCUT2D eigenvalue weighted by Crippen LogP contribution is 2.36. The number of para-hydroxylation sites is 1. The van der Waals surface area contributed by atoms with E-state index in [0.717, 1.165) is 12.1 Å². The van der Waals surface area contributed by atoms with Crippen LogP contribution < -0.4 is 5.32 Å². The van der Waals surface area contributed by atoms with Gasteiger partial charge in [0.2, 0.25) is 5.91 Å². The van der Waals surface area contributed by atoms with E-state index in [1.54, 1.807) is 6.92 Å². The molecule has 1 N–H and O–H groups in total. The minimum absolute atomic E-state index is 0.0182. The molecule has 0 bridgehead atoms. The summed E-state index contributed by atoms with van der Waals surface area (Å²) in [7, 11) is 1.33. The van der Waals surface area contributed by atoms with Crippen LogP contribution in [0.4, 0.5) is 10.5 Å². The van der Waals surface area contributed by atoms with E-state index in [4.69, 9.17) is 4.74 Å². The number of hydrazone groups is 1. The molecule has 1 aliphatic carbocycles. The highest BCUT2D eigenvalue weighted by Gasteiger charge is 2.45. The Bertz CT molecular complexity index is 669. The van der Waals surface area contributed by atoms with Crippen LogP contribution in [0.25, 0.3) is 0 Å². The van der Waals surface area contributed by atoms with E-state index in [-0.39, 0.29) is 23.8 Å². The lowest BCUT2D eigenvalue weighted by Gasteiger charge is -2.37. The molecule has 6 nitrogen and oxygen atoms in total. The van der Waals surface area contributed by atoms with Gasteiger partial charge in [-0.3, -0.25) is 4.79 Å². The third kappa shape index (κ3) is 2.84. The first-order valence-corrected chi connectivity index (χ1v) is 7.56. The van der Waals surface area contributed by atoms with Gasteiger partial charge in [-0.15, -0.1) is 0 Å². The zero-order valence-corrected chi connectivity index (χ0v) is 13.1. The van der Waals surface area contributed by atoms with Crippen molar-refractivity contribution in [1.82, 2.24) is 5.01 Å². The summed E-state index contributed by atoms with van der Waals surface area (Å²) in [5.74, 6) is -0.480. The molecule has 3 rings (SSSR count). The van der Waals surface area contributed by atoms with E-state index < -0.39 is 6.09 Å². The zero-order chi connectivity index (χ0) is 16.4. The fourth-order valence-electron chi connectivity index (χ4n) is 3.24. The largest absolute Gasteiger partial charge is 0.451 e. The van der Waals surface area contributed by atoms with Gasteiger partial charge in [-0.25, -0.2) is 4.79 Å². The SMILES string of the molecule is COC(=O)N1N=C(C)[C@H](C(=O)Nc2ccccc2)[C@H]2CC=C[C@H]21. The highest BCUT2D eigenvalue weighted by atomic mass is 16.5. The summed E-state index contributed by atoms with van der Waals surface area (Å²) in [4.78, 5) is 24.6. The Morgan fingerprint density at radius 3 is 2.74 bits per heavy atom. The number of nitrogens with zero attached hydrogens (tertiary/aromatic N) is 2. The fraction of sp³-hybridized carbons (Fsp3) is 0.353. The molecule has 0 radical (unpaired) electrons. The Labute approximate surface area is 134 Å². The van der Waals surface area contributed by atoms with Crippen LogP contribution in [0, 0.1) is 11.8 Å². The molecule has 1 heterocycles. The molecule has 1 aromatic rings. The minimum Gasteiger partial charge on any atom is -0.451 e. The fourth-order valence-corrected chi connectivity index (χ4v) is 3.24. The predicted octanol–water partition coefficient (Wildman–Crippen LogP) is 2.64. The van der Waals surface area contributed by atoms with E-state index in [1.807, 2.05) is 42.5 Å². The second kappa shape index (κ2) is 6.24. The monoisotopic (exact) mass is 313 g/mol. The Morgan fingerprint density at radius 1 is 1.30 bits per heavy atom. The van der Waals surface area contributed by atoms with Gasteiger partial charge in [-0.1, -0.05) is 30.4 Å². The average molecular weight is 313 g/mol. The molecule has 2 aliphatic rings. The summed E-state index contributed by atoms with van der Waals surface area (Å²) in [6.07, 6.45) is 4.13. The van der Waals surface area contributed by atoms with Crippen molar-refractivity contribution in [2.24, 2.45) is 16.9 Å². The Hall–Kier alpha value is -2.63. The lowest BCUT2D eigenvalue weighted by atomic mass is 9.82. The van der Waals surface area contributed by atoms with Gasteiger partial charge < -0.3 is 10.1 Å². The lowest BCUT2D eigenvalue weighted by molar-refractivity contribution is -0.120. The molecular weight excluding hydrogens is 294 g/mol. The number of hydrogen-bond acceptors (Lipinski definition) is 4. The van der Waals surface area contributed by atoms with Gasteiger partial charge in [0.15, 0.2) is 0 Å². The average Bonchev–Trinajstić information content (AvgIpc) is 3.03. The third-order valence-electron chi connectivity index (χ3n) is 4.29. The van der Waals surface area contributed by atoms with E-state index in [2.05, 4.69) is 10.4 Å². The molecule has 0 spiro atoms. The molecule has 0 saturated carbocycles. The van der Waals surface area contributed by atoms with Crippen molar-refractivity contribution in [3.05, 3.63) is 42.5 Å². The number of anilines is 1. The van der Waals surface area contributed by atoms with Gasteiger partial charge in [-0.05, 0) is 25.5 Å². The van der Waals surface area contributed by atoms with Crippen LogP contribution in [0.5, 0.6) is 0 Å². The minimum atomic E-state index is -0.507. The van der Waals surface area contributed by atoms with Crippen molar-refractivity contribution in [3.63, 3.8) is 0 Å². The van der Waals surface area contributed by atoms with Crippen LogP contribution in [-0.4, -0.2) is 35.9 Å². The predicted molar refractivity (Wildman–Crippen MR) is 86.9 cm³/mol. The number of benzene rings is 1. The molecule has 2 amide bonds. The van der Waals surface area contributed by atoms with Gasteiger partial charge in [0.1, 0.15) is 0 Å². The van der Waals surface area contributed by atoms with Crippen molar-refractivity contribution in [2.75, 3.05) is 12.4 Å². The van der Waals surface area contributed by atoms with Crippen molar-refractivity contribution >= 4 is 23.4 Å². The molecular formula is C17H19N3O3. The van der Waals surface area contributed by atoms with Crippen molar-refractivity contribution in [2.45, 2.75) is 19.4 Å². The van der Waals surface area contributed by atoms with Gasteiger partial charge in [-0.2, -0.15) is 10.1 Å². The Balaban J connectivity index is 1.85. The molecule has 3 atom stereocenters. The number of amides is 2. The first-order chi connectivity index (χ1) is 11.1. The van der Waals surface area contributed by atoms with Crippen molar-refractivity contribution < 1.29 is 14.3 Å². The standard InChI is InChI=1S/C17H19N3O3/c1-11-15(16(21)18-12-7-4-3-5-8-12)13-9-6-10-14(13)20(19-11)17(22)23-2/h3-8,10,13-15H,9H2,1-2H3,(H,18,21)/t13-,14+,15-/m0/s1. The molecule has 0 fully saturated rings. The van der Waals surface area contributed by atoms with E-state index in [0.29, 0.717) is 5.71 Å². The van der Waals surface area contributed by atoms with E-state index in [9.17, 15) is 9.59 Å². The van der Waals surface area contributed by atoms with Gasteiger partial charge in [0.05, 0.1) is 19.1 Å². The topological polar surface area (TPSA) is 71.0 Å². The molecule has 1 aromatic carbocycles. The molecule has 6 heteroatoms. The van der Waals surface area contributed by atoms with Crippen LogP contribution >= 0.6 is 0 Å². The summed E-state index contributed by atoms with van der Waals surface area (Å²) in [5, 5.41) is 8.56. The number of methoxy groups -OCH3 is 1. The maximum atomic E-state index is 12.7. The summed E-state index contributed by atoms with van der Waals surface area (Å²) in [6.45, 7) is 1.78. The van der Waals surface area contributed by atoms with Crippen LogP contribution in [0.2, 0.25) is 0 Å². The summed E-state index contributed by atoms with van der Waals surface area (Å²) >= 11 is 0. The molecule has 0 unspecified atom stereocenters. The van der Waals surface area contributed by atoms with E-state index in [1.165, 1.54) is 12.1 Å². The van der Waals surface area contributed by atoms with Gasteiger partial charge in [0, 0.05) is 17.3 Å². The number of ether oxygens (including phenoxy) is 1. The van der Waals surface area contributed by atoms with E-state index >= 15 is 0 Å².